The van der Waals surface area contributed by atoms with Crippen molar-refractivity contribution in [2.75, 3.05) is 6.61 Å². The van der Waals surface area contributed by atoms with Crippen molar-refractivity contribution in [3.8, 4) is 0 Å². The number of esters is 1. The second-order valence-electron chi connectivity index (χ2n) is 6.65. The molecule has 1 saturated heterocycles. The van der Waals surface area contributed by atoms with Gasteiger partial charge in [-0.25, -0.2) is 4.79 Å². The molecule has 0 bridgehead atoms. The van der Waals surface area contributed by atoms with Gasteiger partial charge in [0.25, 0.3) is 5.91 Å². The number of carbonyl (C=O) groups is 2. The van der Waals surface area contributed by atoms with Gasteiger partial charge in [-0.15, -0.1) is 11.3 Å². The van der Waals surface area contributed by atoms with Crippen LogP contribution < -0.4 is 0 Å². The van der Waals surface area contributed by atoms with E-state index in [9.17, 15) is 9.59 Å². The lowest BCUT2D eigenvalue weighted by Crippen LogP contribution is -2.49. The molecule has 2 heterocycles. The Morgan fingerprint density at radius 3 is 2.65 bits per heavy atom. The van der Waals surface area contributed by atoms with Gasteiger partial charge in [0.05, 0.1) is 5.02 Å². The number of ether oxygens (including phenoxy) is 1. The zero-order valence-electron chi connectivity index (χ0n) is 14.9. The maximum Gasteiger partial charge on any atom is 0.331 e. The highest BCUT2D eigenvalue weighted by molar-refractivity contribution is 7.20. The molecule has 2 aromatic rings. The summed E-state index contributed by atoms with van der Waals surface area (Å²) in [5.74, 6) is -0.671. The fraction of sp³-hybridized carbons (Fsp3) is 0.400. The van der Waals surface area contributed by atoms with Crippen molar-refractivity contribution in [1.82, 2.24) is 4.90 Å². The van der Waals surface area contributed by atoms with Crippen LogP contribution in [0.15, 0.2) is 30.3 Å². The number of hydrogen-bond donors (Lipinski definition) is 0. The summed E-state index contributed by atoms with van der Waals surface area (Å²) in [6.07, 6.45) is 6.09. The minimum Gasteiger partial charge on any atom is -0.452 e. The first-order chi connectivity index (χ1) is 12.5. The lowest BCUT2D eigenvalue weighted by atomic mass is 9.97. The minimum atomic E-state index is -0.538. The second kappa shape index (κ2) is 8.23. The number of likely N-dealkylation sites (tertiary alicyclic amines) is 1. The molecule has 1 amide bonds. The van der Waals surface area contributed by atoms with E-state index < -0.39 is 5.97 Å². The summed E-state index contributed by atoms with van der Waals surface area (Å²) in [4.78, 5) is 27.0. The van der Waals surface area contributed by atoms with Crippen LogP contribution in [0.2, 0.25) is 5.02 Å². The number of amides is 1. The summed E-state index contributed by atoms with van der Waals surface area (Å²) in [7, 11) is 0. The predicted molar refractivity (Wildman–Crippen MR) is 106 cm³/mol. The predicted octanol–water partition coefficient (Wildman–Crippen LogP) is 4.90. The summed E-state index contributed by atoms with van der Waals surface area (Å²) in [5, 5.41) is 1.59. The van der Waals surface area contributed by atoms with Gasteiger partial charge in [-0.1, -0.05) is 29.8 Å². The molecule has 4 nitrogen and oxygen atoms in total. The number of fused-ring (bicyclic) bond motifs is 1. The van der Waals surface area contributed by atoms with Gasteiger partial charge in [-0.05, 0) is 45.3 Å². The van der Waals surface area contributed by atoms with E-state index in [1.807, 2.05) is 43.0 Å². The highest BCUT2D eigenvalue weighted by Crippen LogP contribution is 2.35. The maximum absolute atomic E-state index is 12.4. The number of carbonyl (C=O) groups excluding carboxylic acids is 2. The lowest BCUT2D eigenvalue weighted by Gasteiger charge is -2.38. The number of hydrogen-bond acceptors (Lipinski definition) is 4. The number of nitrogens with zero attached hydrogens (tertiary/aromatic N) is 1. The van der Waals surface area contributed by atoms with Crippen LogP contribution in [0.3, 0.4) is 0 Å². The molecule has 6 heteroatoms. The number of thiophene rings is 1. The third kappa shape index (κ3) is 4.10. The van der Waals surface area contributed by atoms with Gasteiger partial charge in [-0.2, -0.15) is 0 Å². The van der Waals surface area contributed by atoms with Crippen molar-refractivity contribution < 1.29 is 14.3 Å². The van der Waals surface area contributed by atoms with E-state index in [0.717, 1.165) is 34.2 Å². The first-order valence-electron chi connectivity index (χ1n) is 8.80. The first kappa shape index (κ1) is 18.9. The highest BCUT2D eigenvalue weighted by atomic mass is 35.5. The van der Waals surface area contributed by atoms with E-state index in [2.05, 4.69) is 0 Å². The Hall–Kier alpha value is -1.85. The quantitative estimate of drug-likeness (QED) is 0.550. The molecule has 1 aliphatic rings. The Morgan fingerprint density at radius 2 is 1.96 bits per heavy atom. The topological polar surface area (TPSA) is 46.6 Å². The molecule has 0 saturated carbocycles. The monoisotopic (exact) mass is 391 g/mol. The highest BCUT2D eigenvalue weighted by Gasteiger charge is 2.29. The van der Waals surface area contributed by atoms with Gasteiger partial charge in [0.2, 0.25) is 0 Å². The van der Waals surface area contributed by atoms with Gasteiger partial charge >= 0.3 is 5.97 Å². The molecule has 1 fully saturated rings. The molecule has 1 aromatic carbocycles. The van der Waals surface area contributed by atoms with Gasteiger partial charge in [0.15, 0.2) is 6.61 Å². The zero-order chi connectivity index (χ0) is 18.7. The lowest BCUT2D eigenvalue weighted by molar-refractivity contribution is -0.151. The van der Waals surface area contributed by atoms with E-state index in [1.165, 1.54) is 17.4 Å². The van der Waals surface area contributed by atoms with E-state index in [4.69, 9.17) is 16.3 Å². The Morgan fingerprint density at radius 1 is 1.27 bits per heavy atom. The molecule has 3 rings (SSSR count). The number of benzene rings is 1. The molecule has 0 N–H and O–H groups in total. The van der Waals surface area contributed by atoms with E-state index in [-0.39, 0.29) is 24.6 Å². The van der Waals surface area contributed by atoms with Crippen molar-refractivity contribution in [3.63, 3.8) is 0 Å². The van der Waals surface area contributed by atoms with Crippen LogP contribution >= 0.6 is 22.9 Å². The van der Waals surface area contributed by atoms with Crippen LogP contribution in [0.5, 0.6) is 0 Å². The summed E-state index contributed by atoms with van der Waals surface area (Å²) in [5.41, 5.74) is 0. The maximum atomic E-state index is 12.4. The molecule has 2 atom stereocenters. The Bertz CT molecular complexity index is 835. The van der Waals surface area contributed by atoms with Gasteiger partial charge in [0.1, 0.15) is 0 Å². The van der Waals surface area contributed by atoms with E-state index in [0.29, 0.717) is 5.02 Å². The van der Waals surface area contributed by atoms with Crippen LogP contribution in [0.1, 0.15) is 38.0 Å². The molecule has 1 aromatic heterocycles. The molecule has 26 heavy (non-hydrogen) atoms. The molecule has 138 valence electrons. The van der Waals surface area contributed by atoms with Crippen molar-refractivity contribution in [2.45, 2.75) is 45.2 Å². The van der Waals surface area contributed by atoms with E-state index in [1.54, 1.807) is 6.08 Å². The van der Waals surface area contributed by atoms with Crippen LogP contribution in [0.4, 0.5) is 0 Å². The van der Waals surface area contributed by atoms with Gasteiger partial charge in [0, 0.05) is 33.1 Å². The Kier molecular flexibility index (Phi) is 5.99. The summed E-state index contributed by atoms with van der Waals surface area (Å²) >= 11 is 7.86. The molecule has 1 aliphatic heterocycles. The average Bonchev–Trinajstić information content (AvgIpc) is 2.94. The fourth-order valence-corrected chi connectivity index (χ4v) is 4.85. The van der Waals surface area contributed by atoms with Crippen molar-refractivity contribution in [2.24, 2.45) is 0 Å². The Labute approximate surface area is 162 Å². The number of halogens is 1. The summed E-state index contributed by atoms with van der Waals surface area (Å²) in [6.45, 7) is 3.86. The van der Waals surface area contributed by atoms with E-state index >= 15 is 0 Å². The van der Waals surface area contributed by atoms with Crippen LogP contribution in [0.25, 0.3) is 16.2 Å². The zero-order valence-corrected chi connectivity index (χ0v) is 16.5. The smallest absolute Gasteiger partial charge is 0.331 e. The van der Waals surface area contributed by atoms with Crippen molar-refractivity contribution in [1.29, 1.82) is 0 Å². The van der Waals surface area contributed by atoms with Gasteiger partial charge < -0.3 is 9.64 Å². The molecule has 0 aliphatic carbocycles. The standard InChI is InChI=1S/C20H22ClNO3S/c1-13-6-5-7-14(2)22(13)18(23)12-25-19(24)11-10-17-20(21)15-8-3-4-9-16(15)26-17/h3-4,8-11,13-14H,5-7,12H2,1-2H3/b11-10+/t13-,14-/m1/s1. The third-order valence-electron chi connectivity index (χ3n) is 4.75. The van der Waals surface area contributed by atoms with Crippen molar-refractivity contribution >= 4 is 51.0 Å². The van der Waals surface area contributed by atoms with Crippen molar-refractivity contribution in [3.05, 3.63) is 40.2 Å². The molecule has 0 radical (unpaired) electrons. The molecular formula is C20H22ClNO3S. The van der Waals surface area contributed by atoms with Crippen LogP contribution in [-0.4, -0.2) is 35.5 Å². The largest absolute Gasteiger partial charge is 0.452 e. The Balaban J connectivity index is 1.59. The number of rotatable bonds is 4. The van der Waals surface area contributed by atoms with Gasteiger partial charge in [-0.3, -0.25) is 4.79 Å². The minimum absolute atomic E-state index is 0.133. The average molecular weight is 392 g/mol. The molecular weight excluding hydrogens is 370 g/mol. The first-order valence-corrected chi connectivity index (χ1v) is 10.00. The second-order valence-corrected chi connectivity index (χ2v) is 8.11. The van der Waals surface area contributed by atoms with Crippen LogP contribution in [-0.2, 0) is 14.3 Å². The third-order valence-corrected chi connectivity index (χ3v) is 6.41. The summed E-state index contributed by atoms with van der Waals surface area (Å²) < 4.78 is 6.20. The molecule has 0 spiro atoms. The summed E-state index contributed by atoms with van der Waals surface area (Å²) in [6, 6.07) is 8.20. The number of piperidine rings is 1. The van der Waals surface area contributed by atoms with Crippen LogP contribution in [0, 0.1) is 0 Å². The normalized spacial score (nSPS) is 20.7. The SMILES string of the molecule is C[C@@H]1CCC[C@@H](C)N1C(=O)COC(=O)/C=C/c1sc2ccccc2c1Cl. The molecule has 0 unspecified atom stereocenters. The fourth-order valence-electron chi connectivity index (χ4n) is 3.45.